The van der Waals surface area contributed by atoms with E-state index in [4.69, 9.17) is 0 Å². The molecule has 0 rings (SSSR count). The molecular weight excluding hydrogens is 441 g/mol. The maximum Gasteiger partial charge on any atom is 0.191 e. The van der Waals surface area contributed by atoms with Crippen LogP contribution in [0.5, 0.6) is 0 Å². The summed E-state index contributed by atoms with van der Waals surface area (Å²) in [5.41, 5.74) is 0. The van der Waals surface area contributed by atoms with E-state index in [0.29, 0.717) is 30.8 Å². The Balaban J connectivity index is 0. The van der Waals surface area contributed by atoms with Crippen LogP contribution in [-0.2, 0) is 9.84 Å². The summed E-state index contributed by atoms with van der Waals surface area (Å²) in [5.74, 6) is 1.81. The third-order valence-corrected chi connectivity index (χ3v) is 4.48. The maximum atomic E-state index is 11.2. The zero-order chi connectivity index (χ0) is 17.9. The molecule has 0 saturated carbocycles. The van der Waals surface area contributed by atoms with Gasteiger partial charge in [-0.3, -0.25) is 4.99 Å². The number of hydrogen-bond acceptors (Lipinski definition) is 4. The van der Waals surface area contributed by atoms with Crippen molar-refractivity contribution in [3.63, 3.8) is 0 Å². The number of hydrogen-bond donors (Lipinski definition) is 3. The highest BCUT2D eigenvalue weighted by Crippen LogP contribution is 2.15. The normalized spacial score (nSPS) is 14.9. The molecule has 0 saturated heterocycles. The molecule has 24 heavy (non-hydrogen) atoms. The number of rotatable bonds is 11. The highest BCUT2D eigenvalue weighted by Gasteiger charge is 2.12. The van der Waals surface area contributed by atoms with Crippen LogP contribution in [0, 0.1) is 11.8 Å². The summed E-state index contributed by atoms with van der Waals surface area (Å²) in [5, 5.41) is 15.6. The fraction of sp³-hybridized carbons (Fsp3) is 0.938. The Morgan fingerprint density at radius 2 is 1.83 bits per heavy atom. The average Bonchev–Trinajstić information content (AvgIpc) is 2.41. The second-order valence-electron chi connectivity index (χ2n) is 6.69. The summed E-state index contributed by atoms with van der Waals surface area (Å²) in [6.07, 6.45) is 3.59. The lowest BCUT2D eigenvalue weighted by Crippen LogP contribution is -2.43. The molecule has 8 heteroatoms. The Morgan fingerprint density at radius 1 is 1.21 bits per heavy atom. The second kappa shape index (κ2) is 14.1. The highest BCUT2D eigenvalue weighted by atomic mass is 127. The van der Waals surface area contributed by atoms with Gasteiger partial charge in [-0.2, -0.15) is 0 Å². The molecule has 0 aliphatic carbocycles. The Kier molecular flexibility index (Phi) is 15.4. The molecule has 0 radical (unpaired) electrons. The van der Waals surface area contributed by atoms with E-state index in [1.165, 1.54) is 6.26 Å². The number of nitrogens with one attached hydrogen (secondary N) is 2. The summed E-state index contributed by atoms with van der Waals surface area (Å²) >= 11 is 0. The summed E-state index contributed by atoms with van der Waals surface area (Å²) in [7, 11) is -2.94. The number of aliphatic hydroxyl groups excluding tert-OH is 1. The van der Waals surface area contributed by atoms with Crippen LogP contribution in [0.4, 0.5) is 0 Å². The number of halogens is 1. The minimum absolute atomic E-state index is 0. The van der Waals surface area contributed by atoms with Crippen LogP contribution in [-0.4, -0.2) is 57.2 Å². The summed E-state index contributed by atoms with van der Waals surface area (Å²) in [4.78, 5) is 4.60. The molecule has 0 aromatic heterocycles. The molecule has 0 heterocycles. The first-order valence-corrected chi connectivity index (χ1v) is 10.6. The molecule has 0 spiro atoms. The first kappa shape index (κ1) is 26.1. The van der Waals surface area contributed by atoms with Crippen molar-refractivity contribution in [1.29, 1.82) is 0 Å². The van der Waals surface area contributed by atoms with Crippen molar-refractivity contribution in [3.8, 4) is 0 Å². The van der Waals surface area contributed by atoms with Crippen molar-refractivity contribution in [2.24, 2.45) is 16.8 Å². The van der Waals surface area contributed by atoms with E-state index in [0.717, 1.165) is 19.4 Å². The quantitative estimate of drug-likeness (QED) is 0.241. The van der Waals surface area contributed by atoms with Gasteiger partial charge in [-0.05, 0) is 44.9 Å². The SMILES string of the molecule is CCNC(=NCC(CCO)CC(C)C)NC(C)CCS(C)(=O)=O.I. The van der Waals surface area contributed by atoms with Gasteiger partial charge in [0.2, 0.25) is 0 Å². The zero-order valence-electron chi connectivity index (χ0n) is 15.7. The average molecular weight is 477 g/mol. The highest BCUT2D eigenvalue weighted by molar-refractivity contribution is 14.0. The molecular formula is C16H36IN3O3S. The van der Waals surface area contributed by atoms with E-state index in [1.54, 1.807) is 0 Å². The van der Waals surface area contributed by atoms with E-state index in [-0.39, 0.29) is 42.4 Å². The predicted octanol–water partition coefficient (Wildman–Crippen LogP) is 2.03. The maximum absolute atomic E-state index is 11.2. The Hall–Kier alpha value is -0.0900. The Bertz CT molecular complexity index is 442. The number of aliphatic hydroxyl groups is 1. The van der Waals surface area contributed by atoms with Gasteiger partial charge in [0.1, 0.15) is 9.84 Å². The van der Waals surface area contributed by atoms with Crippen LogP contribution >= 0.6 is 24.0 Å². The fourth-order valence-corrected chi connectivity index (χ4v) is 3.15. The van der Waals surface area contributed by atoms with Gasteiger partial charge in [-0.25, -0.2) is 8.42 Å². The molecule has 0 aliphatic rings. The molecule has 6 nitrogen and oxygen atoms in total. The van der Waals surface area contributed by atoms with Gasteiger partial charge < -0.3 is 15.7 Å². The zero-order valence-corrected chi connectivity index (χ0v) is 18.9. The predicted molar refractivity (Wildman–Crippen MR) is 113 cm³/mol. The number of sulfone groups is 1. The molecule has 0 amide bonds. The van der Waals surface area contributed by atoms with Crippen LogP contribution in [0.3, 0.4) is 0 Å². The lowest BCUT2D eigenvalue weighted by Gasteiger charge is -2.20. The van der Waals surface area contributed by atoms with Gasteiger partial charge in [-0.15, -0.1) is 24.0 Å². The third-order valence-electron chi connectivity index (χ3n) is 3.50. The molecule has 3 N–H and O–H groups in total. The summed E-state index contributed by atoms with van der Waals surface area (Å²) in [6.45, 7) is 9.89. The van der Waals surface area contributed by atoms with E-state index < -0.39 is 9.84 Å². The standard InChI is InChI=1S/C16H35N3O3S.HI/c1-6-17-16(19-14(4)8-10-23(5,21)22)18-12-15(7-9-20)11-13(2)3;/h13-15,20H,6-12H2,1-5H3,(H2,17,18,19);1H. The first-order chi connectivity index (χ1) is 10.7. The topological polar surface area (TPSA) is 90.8 Å². The van der Waals surface area contributed by atoms with E-state index in [2.05, 4.69) is 29.5 Å². The molecule has 2 atom stereocenters. The van der Waals surface area contributed by atoms with Gasteiger partial charge in [0, 0.05) is 32.0 Å². The van der Waals surface area contributed by atoms with E-state index in [1.807, 2.05) is 13.8 Å². The van der Waals surface area contributed by atoms with Gasteiger partial charge in [0.05, 0.1) is 5.75 Å². The molecule has 2 unspecified atom stereocenters. The molecule has 146 valence electrons. The molecule has 0 aromatic rings. The van der Waals surface area contributed by atoms with Crippen molar-refractivity contribution in [1.82, 2.24) is 10.6 Å². The van der Waals surface area contributed by atoms with Crippen molar-refractivity contribution >= 4 is 39.8 Å². The smallest absolute Gasteiger partial charge is 0.191 e. The van der Waals surface area contributed by atoms with Crippen LogP contribution < -0.4 is 10.6 Å². The third kappa shape index (κ3) is 15.4. The van der Waals surface area contributed by atoms with Crippen molar-refractivity contribution in [3.05, 3.63) is 0 Å². The van der Waals surface area contributed by atoms with Crippen LogP contribution in [0.1, 0.15) is 47.0 Å². The van der Waals surface area contributed by atoms with Gasteiger partial charge in [-0.1, -0.05) is 13.8 Å². The van der Waals surface area contributed by atoms with Crippen LogP contribution in [0.25, 0.3) is 0 Å². The Labute approximate surface area is 165 Å². The lowest BCUT2D eigenvalue weighted by atomic mass is 9.94. The van der Waals surface area contributed by atoms with Gasteiger partial charge in [0.25, 0.3) is 0 Å². The van der Waals surface area contributed by atoms with Crippen LogP contribution in [0.15, 0.2) is 4.99 Å². The van der Waals surface area contributed by atoms with E-state index >= 15 is 0 Å². The van der Waals surface area contributed by atoms with Crippen LogP contribution in [0.2, 0.25) is 0 Å². The van der Waals surface area contributed by atoms with Crippen molar-refractivity contribution in [2.75, 3.05) is 31.7 Å². The monoisotopic (exact) mass is 477 g/mol. The summed E-state index contributed by atoms with van der Waals surface area (Å²) in [6, 6.07) is 0.0314. The summed E-state index contributed by atoms with van der Waals surface area (Å²) < 4.78 is 22.5. The largest absolute Gasteiger partial charge is 0.396 e. The number of nitrogens with zero attached hydrogens (tertiary/aromatic N) is 1. The van der Waals surface area contributed by atoms with Crippen molar-refractivity contribution < 1.29 is 13.5 Å². The van der Waals surface area contributed by atoms with E-state index in [9.17, 15) is 13.5 Å². The fourth-order valence-electron chi connectivity index (χ4n) is 2.37. The molecule has 0 aromatic carbocycles. The molecule has 0 aliphatic heterocycles. The molecule has 0 bridgehead atoms. The second-order valence-corrected chi connectivity index (χ2v) is 8.95. The first-order valence-electron chi connectivity index (χ1n) is 8.51. The lowest BCUT2D eigenvalue weighted by molar-refractivity contribution is 0.245. The minimum atomic E-state index is -2.94. The van der Waals surface area contributed by atoms with Gasteiger partial charge in [0.15, 0.2) is 5.96 Å². The minimum Gasteiger partial charge on any atom is -0.396 e. The molecule has 0 fully saturated rings. The number of guanidine groups is 1. The van der Waals surface area contributed by atoms with Crippen molar-refractivity contribution in [2.45, 2.75) is 53.0 Å². The Morgan fingerprint density at radius 3 is 2.29 bits per heavy atom. The number of aliphatic imine (C=N–C) groups is 1. The van der Waals surface area contributed by atoms with Gasteiger partial charge >= 0.3 is 0 Å².